The van der Waals surface area contributed by atoms with Gasteiger partial charge in [0, 0.05) is 46.6 Å². The number of fused-ring (bicyclic) bond motifs is 6. The molecule has 1 saturated heterocycles. The summed E-state index contributed by atoms with van der Waals surface area (Å²) in [5.74, 6) is 0.566. The summed E-state index contributed by atoms with van der Waals surface area (Å²) in [7, 11) is 3.14. The van der Waals surface area contributed by atoms with E-state index in [9.17, 15) is 4.79 Å². The molecule has 4 atom stereocenters. The Balaban J connectivity index is 1.62. The fraction of sp³-hybridized carbons (Fsp3) is 0.542. The fourth-order valence-electron chi connectivity index (χ4n) is 6.00. The van der Waals surface area contributed by atoms with Gasteiger partial charge in [-0.05, 0) is 37.5 Å². The SMILES string of the molecule is COC(=O)C1=COC(C)C2(C)CN3CCc4c([nH]c5cc(OC)ccc45)C3CC12C. The zero-order valence-electron chi connectivity index (χ0n) is 18.4. The number of esters is 1. The summed E-state index contributed by atoms with van der Waals surface area (Å²) >= 11 is 0. The summed E-state index contributed by atoms with van der Waals surface area (Å²) in [6, 6.07) is 6.48. The summed E-state index contributed by atoms with van der Waals surface area (Å²) in [6.45, 7) is 8.48. The maximum atomic E-state index is 12.7. The van der Waals surface area contributed by atoms with E-state index in [4.69, 9.17) is 14.2 Å². The lowest BCUT2D eigenvalue weighted by atomic mass is 9.53. The van der Waals surface area contributed by atoms with Gasteiger partial charge in [-0.15, -0.1) is 0 Å². The quantitative estimate of drug-likeness (QED) is 0.759. The zero-order chi connectivity index (χ0) is 21.3. The highest BCUT2D eigenvalue weighted by Crippen LogP contribution is 2.60. The Morgan fingerprint density at radius 2 is 2.10 bits per heavy atom. The summed E-state index contributed by atoms with van der Waals surface area (Å²) in [5, 5.41) is 1.27. The summed E-state index contributed by atoms with van der Waals surface area (Å²) in [4.78, 5) is 18.9. The lowest BCUT2D eigenvalue weighted by molar-refractivity contribution is -0.154. The first kappa shape index (κ1) is 19.5. The van der Waals surface area contributed by atoms with Crippen molar-refractivity contribution in [3.05, 3.63) is 41.3 Å². The van der Waals surface area contributed by atoms with Crippen molar-refractivity contribution in [1.29, 1.82) is 0 Å². The monoisotopic (exact) mass is 410 g/mol. The first-order valence-corrected chi connectivity index (χ1v) is 10.7. The molecule has 1 aromatic heterocycles. The number of carbonyl (C=O) groups is 1. The van der Waals surface area contributed by atoms with E-state index in [2.05, 4.69) is 42.8 Å². The van der Waals surface area contributed by atoms with Crippen molar-refractivity contribution >= 4 is 16.9 Å². The highest BCUT2D eigenvalue weighted by Gasteiger charge is 2.61. The number of benzene rings is 1. The van der Waals surface area contributed by atoms with E-state index in [1.807, 2.05) is 6.07 Å². The first-order valence-electron chi connectivity index (χ1n) is 10.7. The van der Waals surface area contributed by atoms with Crippen LogP contribution in [0.15, 0.2) is 30.0 Å². The zero-order valence-corrected chi connectivity index (χ0v) is 18.4. The molecule has 4 heterocycles. The molecule has 4 unspecified atom stereocenters. The minimum absolute atomic E-state index is 0.0187. The van der Waals surface area contributed by atoms with Crippen LogP contribution in [0.25, 0.3) is 10.9 Å². The van der Waals surface area contributed by atoms with Gasteiger partial charge in [-0.3, -0.25) is 4.90 Å². The molecule has 3 aliphatic rings. The fourth-order valence-corrected chi connectivity index (χ4v) is 6.00. The topological polar surface area (TPSA) is 63.8 Å². The van der Waals surface area contributed by atoms with Crippen LogP contribution < -0.4 is 4.74 Å². The Bertz CT molecular complexity index is 1060. The lowest BCUT2D eigenvalue weighted by Crippen LogP contribution is -2.62. The largest absolute Gasteiger partial charge is 0.497 e. The van der Waals surface area contributed by atoms with Gasteiger partial charge in [0.05, 0.1) is 32.1 Å². The van der Waals surface area contributed by atoms with Crippen molar-refractivity contribution in [2.24, 2.45) is 10.8 Å². The van der Waals surface area contributed by atoms with Crippen LogP contribution >= 0.6 is 0 Å². The summed E-state index contributed by atoms with van der Waals surface area (Å²) < 4.78 is 16.5. The minimum Gasteiger partial charge on any atom is -0.497 e. The number of rotatable bonds is 2. The number of methoxy groups -OCH3 is 2. The van der Waals surface area contributed by atoms with Gasteiger partial charge in [0.15, 0.2) is 0 Å². The molecule has 0 bridgehead atoms. The number of aromatic amines is 1. The van der Waals surface area contributed by atoms with E-state index in [-0.39, 0.29) is 28.9 Å². The molecule has 6 heteroatoms. The Morgan fingerprint density at radius 3 is 2.83 bits per heavy atom. The average molecular weight is 411 g/mol. The van der Waals surface area contributed by atoms with E-state index in [0.717, 1.165) is 37.2 Å². The van der Waals surface area contributed by atoms with Crippen molar-refractivity contribution in [2.75, 3.05) is 27.3 Å². The van der Waals surface area contributed by atoms with Crippen LogP contribution in [0.5, 0.6) is 5.75 Å². The molecular weight excluding hydrogens is 380 g/mol. The number of nitrogens with one attached hydrogen (secondary N) is 1. The molecule has 5 rings (SSSR count). The molecule has 6 nitrogen and oxygen atoms in total. The van der Waals surface area contributed by atoms with Crippen LogP contribution in [0.1, 0.15) is 44.5 Å². The van der Waals surface area contributed by atoms with E-state index < -0.39 is 0 Å². The molecule has 0 radical (unpaired) electrons. The number of nitrogens with zero attached hydrogens (tertiary/aromatic N) is 1. The van der Waals surface area contributed by atoms with Crippen LogP contribution in [0, 0.1) is 10.8 Å². The second-order valence-electron chi connectivity index (χ2n) is 9.42. The van der Waals surface area contributed by atoms with Gasteiger partial charge in [-0.25, -0.2) is 4.79 Å². The van der Waals surface area contributed by atoms with E-state index in [0.29, 0.717) is 5.57 Å². The van der Waals surface area contributed by atoms with Gasteiger partial charge in [-0.1, -0.05) is 13.8 Å². The number of piperidine rings is 1. The van der Waals surface area contributed by atoms with Gasteiger partial charge in [0.2, 0.25) is 0 Å². The standard InChI is InChI=1S/C24H30N2O4/c1-14-24(3)13-26-9-8-17-16-7-6-15(28-4)10-19(16)25-21(17)20(26)11-23(24,2)18(12-30-14)22(27)29-5/h6-7,10,12,14,20,25H,8-9,11,13H2,1-5H3. The molecule has 1 aromatic carbocycles. The molecule has 2 aromatic rings. The van der Waals surface area contributed by atoms with E-state index >= 15 is 0 Å². The predicted octanol–water partition coefficient (Wildman–Crippen LogP) is 3.97. The van der Waals surface area contributed by atoms with Gasteiger partial charge in [0.25, 0.3) is 0 Å². The summed E-state index contributed by atoms with van der Waals surface area (Å²) in [6.07, 6.45) is 3.52. The van der Waals surface area contributed by atoms with Crippen molar-refractivity contribution in [3.8, 4) is 5.75 Å². The average Bonchev–Trinajstić information content (AvgIpc) is 3.11. The van der Waals surface area contributed by atoms with Gasteiger partial charge in [-0.2, -0.15) is 0 Å². The van der Waals surface area contributed by atoms with Crippen molar-refractivity contribution < 1.29 is 19.0 Å². The Kier molecular flexibility index (Phi) is 4.23. The summed E-state index contributed by atoms with van der Waals surface area (Å²) in [5.41, 5.74) is 3.90. The molecule has 0 saturated carbocycles. The highest BCUT2D eigenvalue weighted by molar-refractivity contribution is 5.90. The number of ether oxygens (including phenoxy) is 3. The molecule has 0 amide bonds. The Labute approximate surface area is 177 Å². The molecule has 30 heavy (non-hydrogen) atoms. The van der Waals surface area contributed by atoms with Crippen LogP contribution in [-0.4, -0.2) is 49.3 Å². The molecule has 3 aliphatic heterocycles. The smallest absolute Gasteiger partial charge is 0.337 e. The second-order valence-corrected chi connectivity index (χ2v) is 9.42. The lowest BCUT2D eigenvalue weighted by Gasteiger charge is -2.60. The maximum Gasteiger partial charge on any atom is 0.337 e. The van der Waals surface area contributed by atoms with E-state index in [1.165, 1.54) is 23.8 Å². The van der Waals surface area contributed by atoms with E-state index in [1.54, 1.807) is 13.4 Å². The van der Waals surface area contributed by atoms with Crippen LogP contribution in [0.3, 0.4) is 0 Å². The van der Waals surface area contributed by atoms with Crippen LogP contribution in [0.2, 0.25) is 0 Å². The van der Waals surface area contributed by atoms with Crippen molar-refractivity contribution in [2.45, 2.75) is 45.8 Å². The van der Waals surface area contributed by atoms with Crippen LogP contribution in [0.4, 0.5) is 0 Å². The molecule has 1 N–H and O–H groups in total. The third kappa shape index (κ3) is 2.43. The number of hydrogen-bond acceptors (Lipinski definition) is 5. The normalized spacial score (nSPS) is 33.0. The number of aromatic nitrogens is 1. The minimum atomic E-state index is -0.345. The molecule has 160 valence electrons. The van der Waals surface area contributed by atoms with Crippen molar-refractivity contribution in [3.63, 3.8) is 0 Å². The maximum absolute atomic E-state index is 12.7. The van der Waals surface area contributed by atoms with Gasteiger partial charge in [0.1, 0.15) is 11.9 Å². The third-order valence-corrected chi connectivity index (χ3v) is 8.25. The molecule has 0 spiro atoms. The Morgan fingerprint density at radius 1 is 1.30 bits per heavy atom. The number of carbonyl (C=O) groups excluding carboxylic acids is 1. The number of hydrogen-bond donors (Lipinski definition) is 1. The highest BCUT2D eigenvalue weighted by atomic mass is 16.5. The van der Waals surface area contributed by atoms with Gasteiger partial charge >= 0.3 is 5.97 Å². The molecule has 1 fully saturated rings. The first-order chi connectivity index (χ1) is 14.3. The number of H-pyrrole nitrogens is 1. The molecular formula is C24H30N2O4. The van der Waals surface area contributed by atoms with Crippen LogP contribution in [-0.2, 0) is 20.7 Å². The predicted molar refractivity (Wildman–Crippen MR) is 114 cm³/mol. The molecule has 0 aliphatic carbocycles. The second kappa shape index (κ2) is 6.51. The van der Waals surface area contributed by atoms with Gasteiger partial charge < -0.3 is 19.2 Å². The Hall–Kier alpha value is -2.47. The third-order valence-electron chi connectivity index (χ3n) is 8.25. The van der Waals surface area contributed by atoms with Crippen molar-refractivity contribution in [1.82, 2.24) is 9.88 Å².